The Balaban J connectivity index is -0.0000000180. The second kappa shape index (κ2) is 131. The van der Waals surface area contributed by atoms with Gasteiger partial charge in [0.25, 0.3) is 0 Å². The molecule has 0 saturated heterocycles. The summed E-state index contributed by atoms with van der Waals surface area (Å²) >= 11 is 0. The van der Waals surface area contributed by atoms with Crippen molar-refractivity contribution < 1.29 is 56.8 Å². The van der Waals surface area contributed by atoms with Gasteiger partial charge in [-0.2, -0.15) is 0 Å². The third-order valence-corrected chi connectivity index (χ3v) is 0. The van der Waals surface area contributed by atoms with Crippen molar-refractivity contribution in [2.24, 2.45) is 0 Å². The van der Waals surface area contributed by atoms with Crippen LogP contribution >= 0.6 is 0 Å². The van der Waals surface area contributed by atoms with Gasteiger partial charge in [-0.3, -0.25) is 0 Å². The van der Waals surface area contributed by atoms with E-state index >= 15 is 0 Å². The largest absolute Gasteiger partial charge is 0.855 e. The van der Waals surface area contributed by atoms with Crippen LogP contribution in [-0.2, 0) is 26.2 Å². The fourth-order valence-corrected chi connectivity index (χ4v) is 0. The van der Waals surface area contributed by atoms with Gasteiger partial charge < -0.3 is 30.6 Å². The minimum Gasteiger partial charge on any atom is -0.855 e. The van der Waals surface area contributed by atoms with Gasteiger partial charge in [0.05, 0.1) is 0 Å². The fourth-order valence-electron chi connectivity index (χ4n) is 0. The molecule has 6 nitrogen and oxygen atoms in total. The Morgan fingerprint density at radius 3 is 0.368 bits per heavy atom. The summed E-state index contributed by atoms with van der Waals surface area (Å²) in [5.41, 5.74) is 0. The first-order valence-electron chi connectivity index (χ1n) is 5.97. The van der Waals surface area contributed by atoms with Crippen LogP contribution in [0.2, 0.25) is 0 Å². The SMILES string of the molecule is CC[O-].CC[O-].CC[O-].CC[O-].CC[O-].CC[O-].[Zr]. The van der Waals surface area contributed by atoms with Crippen LogP contribution in [0.1, 0.15) is 41.5 Å². The summed E-state index contributed by atoms with van der Waals surface area (Å²) in [7, 11) is 0. The van der Waals surface area contributed by atoms with E-state index in [2.05, 4.69) is 0 Å². The summed E-state index contributed by atoms with van der Waals surface area (Å²) in [5, 5.41) is 53.6. The van der Waals surface area contributed by atoms with E-state index in [0.717, 1.165) is 0 Å². The molecule has 0 aliphatic heterocycles. The summed E-state index contributed by atoms with van der Waals surface area (Å²) in [6, 6.07) is 0. The molecule has 0 unspecified atom stereocenters. The molecule has 0 fully saturated rings. The monoisotopic (exact) mass is 360 g/mol. The Morgan fingerprint density at radius 1 is 0.368 bits per heavy atom. The molecular formula is C12H30O6Zr-6. The molecule has 0 aromatic rings. The minimum atomic E-state index is 0. The van der Waals surface area contributed by atoms with Crippen molar-refractivity contribution in [3.8, 4) is 0 Å². The first-order valence-corrected chi connectivity index (χ1v) is 5.97. The van der Waals surface area contributed by atoms with E-state index in [1.165, 1.54) is 0 Å². The summed E-state index contributed by atoms with van der Waals surface area (Å²) < 4.78 is 0. The smallest absolute Gasteiger partial charge is 0 e. The van der Waals surface area contributed by atoms with Gasteiger partial charge in [-0.25, -0.2) is 0 Å². The van der Waals surface area contributed by atoms with Gasteiger partial charge in [0.15, 0.2) is 0 Å². The van der Waals surface area contributed by atoms with Crippen molar-refractivity contribution in [2.45, 2.75) is 41.5 Å². The van der Waals surface area contributed by atoms with Crippen LogP contribution in [0.4, 0.5) is 0 Å². The summed E-state index contributed by atoms with van der Waals surface area (Å²) in [4.78, 5) is 0. The van der Waals surface area contributed by atoms with E-state index in [4.69, 9.17) is 30.6 Å². The molecule has 0 heterocycles. The molecule has 124 valence electrons. The molecule has 0 saturated carbocycles. The zero-order valence-corrected chi connectivity index (χ0v) is 15.7. The Bertz CT molecular complexity index is 37.7. The molecule has 0 atom stereocenters. The summed E-state index contributed by atoms with van der Waals surface area (Å²) in [6.07, 6.45) is 0. The van der Waals surface area contributed by atoms with Crippen LogP contribution in [0.5, 0.6) is 0 Å². The van der Waals surface area contributed by atoms with Gasteiger partial charge in [0, 0.05) is 26.2 Å². The molecule has 0 aromatic carbocycles. The zero-order chi connectivity index (χ0) is 16.2. The molecule has 0 rings (SSSR count). The average molecular weight is 362 g/mol. The van der Waals surface area contributed by atoms with E-state index in [0.29, 0.717) is 0 Å². The third kappa shape index (κ3) is 12500. The normalized spacial score (nSPS) is 5.68. The molecule has 0 aliphatic rings. The van der Waals surface area contributed by atoms with Crippen LogP contribution in [0.3, 0.4) is 0 Å². The van der Waals surface area contributed by atoms with Gasteiger partial charge in [-0.1, -0.05) is 41.5 Å². The summed E-state index contributed by atoms with van der Waals surface area (Å²) in [5.74, 6) is 0. The van der Waals surface area contributed by atoms with Crippen LogP contribution in [-0.4, -0.2) is 39.6 Å². The molecule has 0 aliphatic carbocycles. The number of hydrogen-bond acceptors (Lipinski definition) is 6. The van der Waals surface area contributed by atoms with Gasteiger partial charge in [0.1, 0.15) is 0 Å². The Morgan fingerprint density at radius 2 is 0.368 bits per heavy atom. The maximum atomic E-state index is 8.93. The first kappa shape index (κ1) is 42.7. The van der Waals surface area contributed by atoms with Crippen LogP contribution in [0, 0.1) is 0 Å². The molecule has 0 amide bonds. The zero-order valence-electron chi connectivity index (χ0n) is 13.2. The van der Waals surface area contributed by atoms with Crippen molar-refractivity contribution in [2.75, 3.05) is 39.6 Å². The van der Waals surface area contributed by atoms with Crippen molar-refractivity contribution in [1.29, 1.82) is 0 Å². The molecule has 0 radical (unpaired) electrons. The van der Waals surface area contributed by atoms with E-state index in [9.17, 15) is 0 Å². The predicted molar refractivity (Wildman–Crippen MR) is 63.2 cm³/mol. The van der Waals surface area contributed by atoms with E-state index in [1.807, 2.05) is 0 Å². The minimum absolute atomic E-state index is 0. The van der Waals surface area contributed by atoms with E-state index in [-0.39, 0.29) is 65.8 Å². The second-order valence-corrected chi connectivity index (χ2v) is 1.73. The molecule has 0 N–H and O–H groups in total. The number of hydrogen-bond donors (Lipinski definition) is 0. The van der Waals surface area contributed by atoms with Crippen molar-refractivity contribution in [3.05, 3.63) is 0 Å². The van der Waals surface area contributed by atoms with Crippen molar-refractivity contribution in [3.63, 3.8) is 0 Å². The van der Waals surface area contributed by atoms with Crippen molar-refractivity contribution >= 4 is 0 Å². The first-order chi connectivity index (χ1) is 8.49. The second-order valence-electron chi connectivity index (χ2n) is 1.73. The molecule has 0 bridgehead atoms. The predicted octanol–water partition coefficient (Wildman–Crippen LogP) is -3.80. The molecular weight excluding hydrogens is 331 g/mol. The molecule has 0 aromatic heterocycles. The topological polar surface area (TPSA) is 138 Å². The molecule has 7 heteroatoms. The maximum Gasteiger partial charge on any atom is 0 e. The number of rotatable bonds is 0. The Labute approximate surface area is 138 Å². The van der Waals surface area contributed by atoms with Crippen LogP contribution in [0.15, 0.2) is 0 Å². The fraction of sp³-hybridized carbons (Fsp3) is 1.00. The van der Waals surface area contributed by atoms with Crippen LogP contribution < -0.4 is 30.6 Å². The van der Waals surface area contributed by atoms with Gasteiger partial charge >= 0.3 is 0 Å². The quantitative estimate of drug-likeness (QED) is 0.433. The van der Waals surface area contributed by atoms with Gasteiger partial charge in [0.2, 0.25) is 0 Å². The van der Waals surface area contributed by atoms with Crippen LogP contribution in [0.25, 0.3) is 0 Å². The van der Waals surface area contributed by atoms with E-state index < -0.39 is 0 Å². The summed E-state index contributed by atoms with van der Waals surface area (Å²) in [6.45, 7) is 9.42. The Hall–Kier alpha value is 0.643. The Kier molecular flexibility index (Phi) is 296. The molecule has 0 spiro atoms. The van der Waals surface area contributed by atoms with Gasteiger partial charge in [-0.15, -0.1) is 39.6 Å². The van der Waals surface area contributed by atoms with Gasteiger partial charge in [-0.05, 0) is 0 Å². The maximum absolute atomic E-state index is 8.93. The standard InChI is InChI=1S/6C2H5O.Zr/c6*1-2-3;/h6*2H2,1H3;/q6*-1;. The third-order valence-electron chi connectivity index (χ3n) is 0. The average Bonchev–Trinajstić information content (AvgIpc) is 2.23. The van der Waals surface area contributed by atoms with Crippen molar-refractivity contribution in [1.82, 2.24) is 0 Å². The molecule has 19 heavy (non-hydrogen) atoms. The van der Waals surface area contributed by atoms with E-state index in [1.54, 1.807) is 41.5 Å².